The number of hydrogen-bond donors (Lipinski definition) is 2. The maximum absolute atomic E-state index is 12.7. The molecule has 1 fully saturated rings. The van der Waals surface area contributed by atoms with Gasteiger partial charge in [0.2, 0.25) is 5.91 Å². The molecular weight excluding hydrogens is 266 g/mol. The van der Waals surface area contributed by atoms with Crippen LogP contribution in [0.4, 0.5) is 5.69 Å². The number of carboxylic acids is 1. The van der Waals surface area contributed by atoms with Crippen molar-refractivity contribution in [2.24, 2.45) is 11.3 Å². The van der Waals surface area contributed by atoms with E-state index in [0.29, 0.717) is 11.6 Å². The van der Waals surface area contributed by atoms with Gasteiger partial charge in [0.1, 0.15) is 0 Å². The van der Waals surface area contributed by atoms with Gasteiger partial charge in [-0.3, -0.25) is 4.79 Å². The number of nitrogens with one attached hydrogen (secondary N) is 1. The molecule has 0 aliphatic heterocycles. The first-order chi connectivity index (χ1) is 9.94. The summed E-state index contributed by atoms with van der Waals surface area (Å²) >= 11 is 0. The van der Waals surface area contributed by atoms with E-state index in [1.54, 1.807) is 18.2 Å². The average molecular weight is 289 g/mol. The van der Waals surface area contributed by atoms with Crippen LogP contribution < -0.4 is 5.32 Å². The molecule has 1 amide bonds. The van der Waals surface area contributed by atoms with Gasteiger partial charge in [-0.15, -0.1) is 0 Å². The van der Waals surface area contributed by atoms with E-state index in [9.17, 15) is 14.7 Å². The topological polar surface area (TPSA) is 66.4 Å². The van der Waals surface area contributed by atoms with Crippen LogP contribution in [0.1, 0.15) is 56.3 Å². The molecule has 0 unspecified atom stereocenters. The summed E-state index contributed by atoms with van der Waals surface area (Å²) in [6.07, 6.45) is 4.79. The van der Waals surface area contributed by atoms with Gasteiger partial charge in [-0.05, 0) is 37.3 Å². The number of rotatable bonds is 5. The zero-order valence-corrected chi connectivity index (χ0v) is 12.7. The highest BCUT2D eigenvalue weighted by Gasteiger charge is 2.41. The van der Waals surface area contributed by atoms with E-state index >= 15 is 0 Å². The molecule has 1 aromatic carbocycles. The predicted octanol–water partition coefficient (Wildman–Crippen LogP) is 3.93. The van der Waals surface area contributed by atoms with Crippen molar-refractivity contribution in [2.75, 3.05) is 5.32 Å². The Morgan fingerprint density at radius 3 is 2.43 bits per heavy atom. The molecule has 1 saturated carbocycles. The Kier molecular flexibility index (Phi) is 4.66. The van der Waals surface area contributed by atoms with Crippen LogP contribution in [0.5, 0.6) is 0 Å². The lowest BCUT2D eigenvalue weighted by atomic mass is 9.77. The smallest absolute Gasteiger partial charge is 0.337 e. The fourth-order valence-corrected chi connectivity index (χ4v) is 3.39. The highest BCUT2D eigenvalue weighted by atomic mass is 16.4. The highest BCUT2D eigenvalue weighted by molar-refractivity contribution is 6.02. The van der Waals surface area contributed by atoms with Crippen molar-refractivity contribution in [2.45, 2.75) is 46.0 Å². The van der Waals surface area contributed by atoms with Gasteiger partial charge in [-0.25, -0.2) is 4.79 Å². The Morgan fingerprint density at radius 1 is 1.24 bits per heavy atom. The van der Waals surface area contributed by atoms with Gasteiger partial charge in [0.15, 0.2) is 0 Å². The zero-order chi connectivity index (χ0) is 15.5. The van der Waals surface area contributed by atoms with Crippen molar-refractivity contribution in [3.05, 3.63) is 29.8 Å². The minimum Gasteiger partial charge on any atom is -0.478 e. The largest absolute Gasteiger partial charge is 0.478 e. The number of aromatic carboxylic acids is 1. The van der Waals surface area contributed by atoms with Crippen molar-refractivity contribution in [1.29, 1.82) is 0 Å². The lowest BCUT2D eigenvalue weighted by Crippen LogP contribution is -2.35. The molecule has 0 saturated heterocycles. The molecule has 114 valence electrons. The van der Waals surface area contributed by atoms with E-state index < -0.39 is 5.97 Å². The Labute approximate surface area is 125 Å². The molecule has 0 spiro atoms. The summed E-state index contributed by atoms with van der Waals surface area (Å²) in [5, 5.41) is 12.1. The van der Waals surface area contributed by atoms with Crippen LogP contribution in [0.3, 0.4) is 0 Å². The average Bonchev–Trinajstić information content (AvgIpc) is 2.88. The molecule has 0 atom stereocenters. The third-order valence-electron chi connectivity index (χ3n) is 4.25. The monoisotopic (exact) mass is 289 g/mol. The van der Waals surface area contributed by atoms with E-state index in [-0.39, 0.29) is 16.9 Å². The number of hydrogen-bond acceptors (Lipinski definition) is 2. The van der Waals surface area contributed by atoms with Gasteiger partial charge in [-0.2, -0.15) is 0 Å². The molecule has 0 bridgehead atoms. The van der Waals surface area contributed by atoms with E-state index in [1.807, 2.05) is 0 Å². The van der Waals surface area contributed by atoms with Crippen LogP contribution in [0.25, 0.3) is 0 Å². The first kappa shape index (κ1) is 15.5. The maximum Gasteiger partial charge on any atom is 0.337 e. The molecule has 21 heavy (non-hydrogen) atoms. The van der Waals surface area contributed by atoms with Crippen molar-refractivity contribution >= 4 is 17.6 Å². The number of carbonyl (C=O) groups is 2. The molecule has 4 heteroatoms. The van der Waals surface area contributed by atoms with Crippen LogP contribution in [-0.2, 0) is 4.79 Å². The first-order valence-corrected chi connectivity index (χ1v) is 7.58. The lowest BCUT2D eigenvalue weighted by Gasteiger charge is -2.29. The number of para-hydroxylation sites is 1. The Balaban J connectivity index is 2.22. The summed E-state index contributed by atoms with van der Waals surface area (Å²) in [7, 11) is 0. The molecule has 0 aromatic heterocycles. The maximum atomic E-state index is 12.7. The first-order valence-electron chi connectivity index (χ1n) is 7.58. The summed E-state index contributed by atoms with van der Waals surface area (Å²) in [5.41, 5.74) is 0.202. The Morgan fingerprint density at radius 2 is 1.86 bits per heavy atom. The number of benzene rings is 1. The minimum absolute atomic E-state index is 0.0256. The van der Waals surface area contributed by atoms with Crippen LogP contribution in [0.15, 0.2) is 24.3 Å². The van der Waals surface area contributed by atoms with E-state index in [1.165, 1.54) is 6.07 Å². The third-order valence-corrected chi connectivity index (χ3v) is 4.25. The number of carbonyl (C=O) groups excluding carboxylic acids is 1. The Hall–Kier alpha value is -1.84. The molecule has 4 nitrogen and oxygen atoms in total. The summed E-state index contributed by atoms with van der Waals surface area (Å²) in [4.78, 5) is 24.0. The minimum atomic E-state index is -1.02. The van der Waals surface area contributed by atoms with Crippen molar-refractivity contribution in [1.82, 2.24) is 0 Å². The summed E-state index contributed by atoms with van der Waals surface area (Å²) < 4.78 is 0. The summed E-state index contributed by atoms with van der Waals surface area (Å²) in [5.74, 6) is -0.596. The zero-order valence-electron chi connectivity index (χ0n) is 12.7. The summed E-state index contributed by atoms with van der Waals surface area (Å²) in [6.45, 7) is 4.25. The fraction of sp³-hybridized carbons (Fsp3) is 0.529. The van der Waals surface area contributed by atoms with Crippen molar-refractivity contribution in [3.63, 3.8) is 0 Å². The molecule has 0 heterocycles. The number of carboxylic acid groups (broad SMARTS) is 1. The Bertz CT molecular complexity index is 531. The molecule has 2 rings (SSSR count). The van der Waals surface area contributed by atoms with Crippen LogP contribution in [0.2, 0.25) is 0 Å². The van der Waals surface area contributed by atoms with Gasteiger partial charge >= 0.3 is 5.97 Å². The SMILES string of the molecule is CC(C)CC1(C(=O)Nc2ccccc2C(=O)O)CCCC1. The van der Waals surface area contributed by atoms with Gasteiger partial charge in [0.25, 0.3) is 0 Å². The van der Waals surface area contributed by atoms with Gasteiger partial charge in [-0.1, -0.05) is 38.8 Å². The molecule has 1 aliphatic carbocycles. The second-order valence-electron chi connectivity index (χ2n) is 6.39. The second kappa shape index (κ2) is 6.29. The van der Waals surface area contributed by atoms with Crippen LogP contribution >= 0.6 is 0 Å². The van der Waals surface area contributed by atoms with Crippen LogP contribution in [0, 0.1) is 11.3 Å². The molecule has 2 N–H and O–H groups in total. The fourth-order valence-electron chi connectivity index (χ4n) is 3.39. The quantitative estimate of drug-likeness (QED) is 0.863. The third kappa shape index (κ3) is 3.43. The van der Waals surface area contributed by atoms with E-state index in [0.717, 1.165) is 32.1 Å². The highest BCUT2D eigenvalue weighted by Crippen LogP contribution is 2.44. The molecule has 1 aliphatic rings. The number of anilines is 1. The standard InChI is InChI=1S/C17H23NO3/c1-12(2)11-17(9-5-6-10-17)16(21)18-14-8-4-3-7-13(14)15(19)20/h3-4,7-8,12H,5-6,9-11H2,1-2H3,(H,18,21)(H,19,20). The predicted molar refractivity (Wildman–Crippen MR) is 82.4 cm³/mol. The molecule has 0 radical (unpaired) electrons. The van der Waals surface area contributed by atoms with Crippen LogP contribution in [-0.4, -0.2) is 17.0 Å². The van der Waals surface area contributed by atoms with Gasteiger partial charge in [0.05, 0.1) is 11.3 Å². The molecular formula is C17H23NO3. The normalized spacial score (nSPS) is 16.9. The van der Waals surface area contributed by atoms with E-state index in [4.69, 9.17) is 0 Å². The van der Waals surface area contributed by atoms with Crippen molar-refractivity contribution < 1.29 is 14.7 Å². The van der Waals surface area contributed by atoms with E-state index in [2.05, 4.69) is 19.2 Å². The molecule has 1 aromatic rings. The van der Waals surface area contributed by atoms with Gasteiger partial charge in [0, 0.05) is 5.41 Å². The second-order valence-corrected chi connectivity index (χ2v) is 6.39. The number of amides is 1. The van der Waals surface area contributed by atoms with Crippen molar-refractivity contribution in [3.8, 4) is 0 Å². The van der Waals surface area contributed by atoms with Gasteiger partial charge < -0.3 is 10.4 Å². The lowest BCUT2D eigenvalue weighted by molar-refractivity contribution is -0.126. The summed E-state index contributed by atoms with van der Waals surface area (Å²) in [6, 6.07) is 6.57.